The number of Topliss-reactive ketones (excluding diaryl/α,β-unsaturated/α-hetero) is 1. The molecule has 0 radical (unpaired) electrons. The molecule has 0 saturated carbocycles. The van der Waals surface area contributed by atoms with Crippen molar-refractivity contribution in [2.45, 2.75) is 32.9 Å². The van der Waals surface area contributed by atoms with Gasteiger partial charge >= 0.3 is 0 Å². The van der Waals surface area contributed by atoms with Crippen molar-refractivity contribution in [2.75, 3.05) is 13.1 Å². The average molecular weight is 348 g/mol. The van der Waals surface area contributed by atoms with Gasteiger partial charge in [0, 0.05) is 30.6 Å². The van der Waals surface area contributed by atoms with E-state index in [4.69, 9.17) is 0 Å². The minimum Gasteiger partial charge on any atom is -0.350 e. The topological polar surface area (TPSA) is 49.4 Å². The maximum Gasteiger partial charge on any atom is 0.261 e. The number of carbonyl (C=O) groups is 2. The lowest BCUT2D eigenvalue weighted by Gasteiger charge is -2.32. The molecule has 0 aromatic carbocycles. The van der Waals surface area contributed by atoms with E-state index in [9.17, 15) is 9.59 Å². The van der Waals surface area contributed by atoms with E-state index < -0.39 is 0 Å². The molecule has 0 bridgehead atoms. The molecule has 2 aromatic rings. The first-order chi connectivity index (χ1) is 11.0. The van der Waals surface area contributed by atoms with Gasteiger partial charge in [-0.05, 0) is 49.4 Å². The highest BCUT2D eigenvalue weighted by Gasteiger charge is 2.22. The van der Waals surface area contributed by atoms with E-state index in [1.165, 1.54) is 28.7 Å². The summed E-state index contributed by atoms with van der Waals surface area (Å²) in [4.78, 5) is 28.6. The quantitative estimate of drug-likeness (QED) is 0.844. The maximum absolute atomic E-state index is 12.2. The number of nitrogens with zero attached hydrogens (tertiary/aromatic N) is 1. The van der Waals surface area contributed by atoms with E-state index in [-0.39, 0.29) is 11.7 Å². The number of thiophene rings is 2. The summed E-state index contributed by atoms with van der Waals surface area (Å²) in [7, 11) is 0. The van der Waals surface area contributed by atoms with Crippen LogP contribution in [0.3, 0.4) is 0 Å². The summed E-state index contributed by atoms with van der Waals surface area (Å²) in [6, 6.07) is 5.93. The number of carbonyl (C=O) groups excluding carboxylic acids is 2. The van der Waals surface area contributed by atoms with Gasteiger partial charge in [-0.1, -0.05) is 0 Å². The third-order valence-corrected chi connectivity index (χ3v) is 6.40. The molecule has 4 nitrogen and oxygen atoms in total. The van der Waals surface area contributed by atoms with Crippen molar-refractivity contribution < 1.29 is 9.59 Å². The van der Waals surface area contributed by atoms with Crippen molar-refractivity contribution in [3.05, 3.63) is 43.8 Å². The van der Waals surface area contributed by atoms with E-state index >= 15 is 0 Å². The van der Waals surface area contributed by atoms with Gasteiger partial charge in [0.2, 0.25) is 0 Å². The van der Waals surface area contributed by atoms with Crippen molar-refractivity contribution >= 4 is 34.4 Å². The molecule has 0 saturated heterocycles. The van der Waals surface area contributed by atoms with Gasteiger partial charge in [-0.25, -0.2) is 0 Å². The molecule has 0 unspecified atom stereocenters. The third-order valence-electron chi connectivity index (χ3n) is 4.20. The van der Waals surface area contributed by atoms with Crippen LogP contribution in [0.25, 0.3) is 0 Å². The summed E-state index contributed by atoms with van der Waals surface area (Å²) in [5, 5.41) is 5.14. The predicted molar refractivity (Wildman–Crippen MR) is 94.6 cm³/mol. The minimum absolute atomic E-state index is 0.00213. The van der Waals surface area contributed by atoms with Gasteiger partial charge in [0.15, 0.2) is 5.78 Å². The second kappa shape index (κ2) is 6.95. The van der Waals surface area contributed by atoms with Crippen molar-refractivity contribution in [3.8, 4) is 0 Å². The Hall–Kier alpha value is -1.50. The van der Waals surface area contributed by atoms with Crippen LogP contribution in [-0.4, -0.2) is 35.7 Å². The Labute approximate surface area is 144 Å². The fourth-order valence-electron chi connectivity index (χ4n) is 2.75. The molecule has 122 valence electrons. The zero-order valence-corrected chi connectivity index (χ0v) is 14.9. The highest BCUT2D eigenvalue weighted by molar-refractivity contribution is 7.16. The number of ketones is 1. The predicted octanol–water partition coefficient (Wildman–Crippen LogP) is 3.19. The molecule has 0 fully saturated rings. The Morgan fingerprint density at radius 2 is 2.09 bits per heavy atom. The largest absolute Gasteiger partial charge is 0.350 e. The Kier molecular flexibility index (Phi) is 4.94. The fraction of sp³-hybridized carbons (Fsp3) is 0.412. The molecule has 1 aliphatic rings. The molecule has 1 aliphatic heterocycles. The van der Waals surface area contributed by atoms with Crippen LogP contribution in [0.15, 0.2) is 23.6 Å². The van der Waals surface area contributed by atoms with Crippen LogP contribution in [0.4, 0.5) is 0 Å². The molecule has 2 aromatic heterocycles. The van der Waals surface area contributed by atoms with Crippen LogP contribution in [-0.2, 0) is 13.0 Å². The fourth-order valence-corrected chi connectivity index (χ4v) is 4.46. The van der Waals surface area contributed by atoms with E-state index in [1.807, 2.05) is 11.3 Å². The molecular weight excluding hydrogens is 328 g/mol. The molecule has 6 heteroatoms. The number of hydrogen-bond acceptors (Lipinski definition) is 5. The van der Waals surface area contributed by atoms with Crippen LogP contribution in [0, 0.1) is 0 Å². The number of rotatable bonds is 5. The molecule has 23 heavy (non-hydrogen) atoms. The third kappa shape index (κ3) is 3.71. The lowest BCUT2D eigenvalue weighted by Crippen LogP contribution is -2.44. The highest BCUT2D eigenvalue weighted by atomic mass is 32.1. The maximum atomic E-state index is 12.2. The Morgan fingerprint density at radius 3 is 2.83 bits per heavy atom. The Balaban J connectivity index is 1.53. The molecule has 0 aliphatic carbocycles. The summed E-state index contributed by atoms with van der Waals surface area (Å²) in [6.45, 7) is 6.28. The second-order valence-corrected chi connectivity index (χ2v) is 7.95. The van der Waals surface area contributed by atoms with Gasteiger partial charge in [-0.2, -0.15) is 0 Å². The molecule has 1 N–H and O–H groups in total. The molecule has 1 amide bonds. The van der Waals surface area contributed by atoms with E-state index in [0.29, 0.717) is 22.3 Å². The van der Waals surface area contributed by atoms with Crippen molar-refractivity contribution in [1.82, 2.24) is 10.2 Å². The van der Waals surface area contributed by atoms with E-state index in [1.54, 1.807) is 12.1 Å². The lowest BCUT2D eigenvalue weighted by molar-refractivity contribution is 0.0936. The number of amides is 1. The molecule has 0 spiro atoms. The monoisotopic (exact) mass is 348 g/mol. The summed E-state index contributed by atoms with van der Waals surface area (Å²) in [6.07, 6.45) is 1.10. The first-order valence-corrected chi connectivity index (χ1v) is 9.42. The van der Waals surface area contributed by atoms with E-state index in [0.717, 1.165) is 19.5 Å². The molecular formula is C17H20N2O2S2. The van der Waals surface area contributed by atoms with Gasteiger partial charge in [0.25, 0.3) is 5.91 Å². The van der Waals surface area contributed by atoms with Gasteiger partial charge in [-0.3, -0.25) is 14.5 Å². The summed E-state index contributed by atoms with van der Waals surface area (Å²) in [5.41, 5.74) is 1.42. The van der Waals surface area contributed by atoms with Crippen molar-refractivity contribution in [1.29, 1.82) is 0 Å². The van der Waals surface area contributed by atoms with Gasteiger partial charge in [0.05, 0.1) is 9.75 Å². The average Bonchev–Trinajstić information content (AvgIpc) is 3.20. The zero-order valence-electron chi connectivity index (χ0n) is 13.3. The minimum atomic E-state index is -0.0948. The summed E-state index contributed by atoms with van der Waals surface area (Å²) in [5.74, 6) is -0.0927. The van der Waals surface area contributed by atoms with Crippen molar-refractivity contribution in [2.24, 2.45) is 0 Å². The van der Waals surface area contributed by atoms with Crippen LogP contribution in [0.1, 0.15) is 43.6 Å². The molecule has 1 atom stereocenters. The molecule has 3 rings (SSSR count). The van der Waals surface area contributed by atoms with Gasteiger partial charge in [0.1, 0.15) is 0 Å². The number of fused-ring (bicyclic) bond motifs is 1. The summed E-state index contributed by atoms with van der Waals surface area (Å²) < 4.78 is 0. The SMILES string of the molecule is CC(=O)c1ccc(C(=O)NC[C@H](C)N2CCc3sccc3C2)s1. The van der Waals surface area contributed by atoms with Crippen LogP contribution >= 0.6 is 22.7 Å². The number of nitrogens with one attached hydrogen (secondary N) is 1. The Morgan fingerprint density at radius 1 is 1.30 bits per heavy atom. The smallest absolute Gasteiger partial charge is 0.261 e. The molecule has 3 heterocycles. The second-order valence-electron chi connectivity index (χ2n) is 5.87. The van der Waals surface area contributed by atoms with Crippen LogP contribution in [0.5, 0.6) is 0 Å². The first kappa shape index (κ1) is 16.4. The highest BCUT2D eigenvalue weighted by Crippen LogP contribution is 2.25. The standard InChI is InChI=1S/C17H20N2O2S2/c1-11(19-7-5-15-13(10-19)6-8-22-15)9-18-17(21)16-4-3-14(23-16)12(2)20/h3-4,6,8,11H,5,7,9-10H2,1-2H3,(H,18,21)/t11-/m0/s1. The van der Waals surface area contributed by atoms with Crippen molar-refractivity contribution in [3.63, 3.8) is 0 Å². The van der Waals surface area contributed by atoms with Crippen LogP contribution in [0.2, 0.25) is 0 Å². The van der Waals surface area contributed by atoms with E-state index in [2.05, 4.69) is 28.6 Å². The first-order valence-electron chi connectivity index (χ1n) is 7.73. The lowest BCUT2D eigenvalue weighted by atomic mass is 10.1. The zero-order chi connectivity index (χ0) is 16.4. The summed E-state index contributed by atoms with van der Waals surface area (Å²) >= 11 is 3.09. The van der Waals surface area contributed by atoms with Gasteiger partial charge < -0.3 is 5.32 Å². The van der Waals surface area contributed by atoms with Gasteiger partial charge in [-0.15, -0.1) is 22.7 Å². The Bertz CT molecular complexity index is 720. The normalized spacial score (nSPS) is 15.9. The number of hydrogen-bond donors (Lipinski definition) is 1. The van der Waals surface area contributed by atoms with Crippen LogP contribution < -0.4 is 5.32 Å².